The van der Waals surface area contributed by atoms with E-state index in [0.29, 0.717) is 6.61 Å². The first kappa shape index (κ1) is 19.2. The Morgan fingerprint density at radius 2 is 1.76 bits per heavy atom. The lowest BCUT2D eigenvalue weighted by Crippen LogP contribution is -2.41. The molecule has 2 aliphatic heterocycles. The molecule has 0 bridgehead atoms. The van der Waals surface area contributed by atoms with Crippen molar-refractivity contribution in [1.29, 1.82) is 0 Å². The number of benzene rings is 1. The molecule has 2 heterocycles. The molecular weight excluding hydrogens is 335 g/mol. The quantitative estimate of drug-likeness (QED) is 0.438. The van der Waals surface area contributed by atoms with Crippen LogP contribution in [-0.2, 0) is 18.8 Å². The van der Waals surface area contributed by atoms with Crippen LogP contribution < -0.4 is 5.46 Å². The van der Waals surface area contributed by atoms with Crippen LogP contribution in [0.25, 0.3) is 0 Å². The molecule has 1 aromatic rings. The first-order chi connectivity index (χ1) is 11.9. The van der Waals surface area contributed by atoms with E-state index < -0.39 is 0 Å². The van der Waals surface area contributed by atoms with Crippen molar-refractivity contribution in [3.8, 4) is 0 Å². The van der Waals surface area contributed by atoms with Crippen LogP contribution in [0.5, 0.6) is 0 Å². The largest absolute Gasteiger partial charge is 0.494 e. The maximum absolute atomic E-state index is 6.09. The molecule has 25 heavy (non-hydrogen) atoms. The van der Waals surface area contributed by atoms with Crippen molar-refractivity contribution in [1.82, 2.24) is 0 Å². The van der Waals surface area contributed by atoms with Gasteiger partial charge < -0.3 is 18.8 Å². The Bertz CT molecular complexity index is 539. The summed E-state index contributed by atoms with van der Waals surface area (Å²) in [6.45, 7) is 9.85. The van der Waals surface area contributed by atoms with Gasteiger partial charge in [-0.3, -0.25) is 0 Å². The SMILES string of the molecule is CC1(C)OB(c2ccc(SCCOC3CCCCO3)cc2)OC1(C)C. The van der Waals surface area contributed by atoms with Crippen LogP contribution in [0.2, 0.25) is 0 Å². The van der Waals surface area contributed by atoms with Gasteiger partial charge in [0.05, 0.1) is 17.8 Å². The molecule has 0 N–H and O–H groups in total. The minimum Gasteiger partial charge on any atom is -0.399 e. The van der Waals surface area contributed by atoms with E-state index in [1.165, 1.54) is 11.3 Å². The van der Waals surface area contributed by atoms with Gasteiger partial charge in [-0.1, -0.05) is 12.1 Å². The predicted octanol–water partition coefficient (Wildman–Crippen LogP) is 3.62. The van der Waals surface area contributed by atoms with E-state index >= 15 is 0 Å². The highest BCUT2D eigenvalue weighted by atomic mass is 32.2. The highest BCUT2D eigenvalue weighted by Crippen LogP contribution is 2.36. The van der Waals surface area contributed by atoms with Crippen molar-refractivity contribution in [2.45, 2.75) is 69.3 Å². The molecule has 0 amide bonds. The zero-order chi connectivity index (χ0) is 17.9. The van der Waals surface area contributed by atoms with Gasteiger partial charge >= 0.3 is 7.12 Å². The molecule has 138 valence electrons. The monoisotopic (exact) mass is 364 g/mol. The zero-order valence-corrected chi connectivity index (χ0v) is 16.6. The molecule has 1 aromatic carbocycles. The third-order valence-corrected chi connectivity index (χ3v) is 6.18. The summed E-state index contributed by atoms with van der Waals surface area (Å²) in [6, 6.07) is 8.44. The summed E-state index contributed by atoms with van der Waals surface area (Å²) in [4.78, 5) is 1.23. The van der Waals surface area contributed by atoms with Crippen molar-refractivity contribution in [2.75, 3.05) is 19.0 Å². The fourth-order valence-electron chi connectivity index (χ4n) is 2.88. The van der Waals surface area contributed by atoms with E-state index in [-0.39, 0.29) is 24.6 Å². The van der Waals surface area contributed by atoms with E-state index in [1.54, 1.807) is 11.8 Å². The van der Waals surface area contributed by atoms with Gasteiger partial charge in [0.25, 0.3) is 0 Å². The van der Waals surface area contributed by atoms with Gasteiger partial charge in [0.1, 0.15) is 0 Å². The fourth-order valence-corrected chi connectivity index (χ4v) is 3.63. The van der Waals surface area contributed by atoms with Crippen LogP contribution in [0, 0.1) is 0 Å². The number of hydrogen-bond donors (Lipinski definition) is 0. The van der Waals surface area contributed by atoms with Crippen LogP contribution >= 0.6 is 11.8 Å². The summed E-state index contributed by atoms with van der Waals surface area (Å²) in [5.41, 5.74) is 0.461. The Morgan fingerprint density at radius 3 is 2.36 bits per heavy atom. The molecule has 6 heteroatoms. The Kier molecular flexibility index (Phi) is 6.17. The van der Waals surface area contributed by atoms with Gasteiger partial charge in [-0.15, -0.1) is 11.8 Å². The van der Waals surface area contributed by atoms with E-state index in [4.69, 9.17) is 18.8 Å². The van der Waals surface area contributed by atoms with E-state index in [9.17, 15) is 0 Å². The van der Waals surface area contributed by atoms with Crippen LogP contribution in [-0.4, -0.2) is 43.6 Å². The smallest absolute Gasteiger partial charge is 0.399 e. The zero-order valence-electron chi connectivity index (χ0n) is 15.7. The minimum absolute atomic E-state index is 0.0000914. The van der Waals surface area contributed by atoms with E-state index in [0.717, 1.165) is 30.7 Å². The summed E-state index contributed by atoms with van der Waals surface area (Å²) >= 11 is 1.80. The van der Waals surface area contributed by atoms with Crippen molar-refractivity contribution < 1.29 is 18.8 Å². The maximum Gasteiger partial charge on any atom is 0.494 e. The van der Waals surface area contributed by atoms with Crippen molar-refractivity contribution >= 4 is 24.3 Å². The number of rotatable bonds is 6. The molecule has 1 unspecified atom stereocenters. The molecule has 0 spiro atoms. The van der Waals surface area contributed by atoms with Crippen LogP contribution in [0.4, 0.5) is 0 Å². The maximum atomic E-state index is 6.09. The second kappa shape index (κ2) is 8.01. The van der Waals surface area contributed by atoms with Gasteiger partial charge in [0, 0.05) is 17.3 Å². The normalized spacial score (nSPS) is 25.3. The Balaban J connectivity index is 1.45. The average molecular weight is 364 g/mol. The summed E-state index contributed by atoms with van der Waals surface area (Å²) in [7, 11) is -0.296. The number of thioether (sulfide) groups is 1. The predicted molar refractivity (Wildman–Crippen MR) is 102 cm³/mol. The first-order valence-electron chi connectivity index (χ1n) is 9.19. The van der Waals surface area contributed by atoms with Gasteiger partial charge in [-0.2, -0.15) is 0 Å². The number of hydrogen-bond acceptors (Lipinski definition) is 5. The Hall–Kier alpha value is -0.525. The molecule has 0 radical (unpaired) electrons. The molecule has 2 fully saturated rings. The molecular formula is C19H29BO4S. The lowest BCUT2D eigenvalue weighted by Gasteiger charge is -2.32. The lowest BCUT2D eigenvalue weighted by atomic mass is 9.79. The van der Waals surface area contributed by atoms with Gasteiger partial charge in [0.15, 0.2) is 6.29 Å². The summed E-state index contributed by atoms with van der Waals surface area (Å²) in [6.07, 6.45) is 3.38. The van der Waals surface area contributed by atoms with Crippen LogP contribution in [0.1, 0.15) is 47.0 Å². The van der Waals surface area contributed by atoms with E-state index in [2.05, 4.69) is 52.0 Å². The number of ether oxygens (including phenoxy) is 2. The third-order valence-electron chi connectivity index (χ3n) is 5.20. The highest BCUT2D eigenvalue weighted by Gasteiger charge is 2.51. The molecule has 0 aliphatic carbocycles. The van der Waals surface area contributed by atoms with Crippen molar-refractivity contribution in [3.63, 3.8) is 0 Å². The fraction of sp³-hybridized carbons (Fsp3) is 0.684. The summed E-state index contributed by atoms with van der Waals surface area (Å²) in [5.74, 6) is 0.926. The highest BCUT2D eigenvalue weighted by molar-refractivity contribution is 7.99. The average Bonchev–Trinajstić information content (AvgIpc) is 2.81. The Morgan fingerprint density at radius 1 is 1.08 bits per heavy atom. The molecule has 3 rings (SSSR count). The summed E-state index contributed by atoms with van der Waals surface area (Å²) < 4.78 is 23.5. The second-order valence-electron chi connectivity index (χ2n) is 7.67. The minimum atomic E-state index is -0.302. The second-order valence-corrected chi connectivity index (χ2v) is 8.84. The Labute approximate surface area is 156 Å². The molecule has 1 atom stereocenters. The lowest BCUT2D eigenvalue weighted by molar-refractivity contribution is -0.158. The molecule has 2 aliphatic rings. The van der Waals surface area contributed by atoms with Crippen LogP contribution in [0.15, 0.2) is 29.2 Å². The summed E-state index contributed by atoms with van der Waals surface area (Å²) in [5, 5.41) is 0. The van der Waals surface area contributed by atoms with E-state index in [1.807, 2.05) is 0 Å². The van der Waals surface area contributed by atoms with Crippen molar-refractivity contribution in [3.05, 3.63) is 24.3 Å². The van der Waals surface area contributed by atoms with Gasteiger partial charge in [0.2, 0.25) is 0 Å². The topological polar surface area (TPSA) is 36.9 Å². The van der Waals surface area contributed by atoms with Crippen LogP contribution in [0.3, 0.4) is 0 Å². The molecule has 0 saturated carbocycles. The van der Waals surface area contributed by atoms with Gasteiger partial charge in [-0.05, 0) is 64.6 Å². The molecule has 2 saturated heterocycles. The van der Waals surface area contributed by atoms with Crippen molar-refractivity contribution in [2.24, 2.45) is 0 Å². The molecule has 0 aromatic heterocycles. The third kappa shape index (κ3) is 4.80. The standard InChI is InChI=1S/C19H29BO4S/c1-18(2)19(3,4)24-20(23-18)15-8-10-16(11-9-15)25-14-13-22-17-7-5-6-12-21-17/h8-11,17H,5-7,12-14H2,1-4H3. The first-order valence-corrected chi connectivity index (χ1v) is 10.2. The van der Waals surface area contributed by atoms with Gasteiger partial charge in [-0.25, -0.2) is 0 Å². The molecule has 4 nitrogen and oxygen atoms in total.